The Morgan fingerprint density at radius 2 is 1.93 bits per heavy atom. The number of carbonyl (C=O) groups excluding carboxylic acids is 2. The van der Waals surface area contributed by atoms with Gasteiger partial charge in [-0.05, 0) is 5.92 Å². The summed E-state index contributed by atoms with van der Waals surface area (Å²) in [4.78, 5) is 21.9. The van der Waals surface area contributed by atoms with E-state index in [9.17, 15) is 9.59 Å². The van der Waals surface area contributed by atoms with Crippen LogP contribution in [0, 0.1) is 5.92 Å². The number of hydrogen-bond acceptors (Lipinski definition) is 5. The first-order valence-corrected chi connectivity index (χ1v) is 4.46. The lowest BCUT2D eigenvalue weighted by Gasteiger charge is -2.10. The third-order valence-electron chi connectivity index (χ3n) is 1.47. The molecule has 0 heterocycles. The van der Waals surface area contributed by atoms with Crippen molar-refractivity contribution in [3.05, 3.63) is 0 Å². The molecule has 82 valence electrons. The minimum absolute atomic E-state index is 0.139. The molecule has 0 aliphatic rings. The first-order chi connectivity index (χ1) is 6.47. The van der Waals surface area contributed by atoms with Gasteiger partial charge in [0.15, 0.2) is 0 Å². The lowest BCUT2D eigenvalue weighted by atomic mass is 10.2. The van der Waals surface area contributed by atoms with Gasteiger partial charge in [0.2, 0.25) is 0 Å². The average molecular weight is 203 g/mol. The number of methoxy groups -OCH3 is 1. The summed E-state index contributed by atoms with van der Waals surface area (Å²) < 4.78 is 9.21. The molecule has 2 N–H and O–H groups in total. The minimum atomic E-state index is -0.931. The quantitative estimate of drug-likeness (QED) is 0.640. The molecule has 0 fully saturated rings. The molecular formula is C9H17NO4. The van der Waals surface area contributed by atoms with E-state index in [0.717, 1.165) is 0 Å². The van der Waals surface area contributed by atoms with E-state index in [-0.39, 0.29) is 12.3 Å². The summed E-state index contributed by atoms with van der Waals surface area (Å²) in [6.07, 6.45) is -0.139. The van der Waals surface area contributed by atoms with Crippen LogP contribution in [0.3, 0.4) is 0 Å². The fourth-order valence-electron chi connectivity index (χ4n) is 0.733. The van der Waals surface area contributed by atoms with E-state index in [1.54, 1.807) is 0 Å². The van der Waals surface area contributed by atoms with Crippen molar-refractivity contribution in [3.63, 3.8) is 0 Å². The van der Waals surface area contributed by atoms with Crippen molar-refractivity contribution in [2.45, 2.75) is 26.3 Å². The second-order valence-electron chi connectivity index (χ2n) is 3.41. The maximum atomic E-state index is 11.1. The van der Waals surface area contributed by atoms with Crippen molar-refractivity contribution in [1.29, 1.82) is 0 Å². The summed E-state index contributed by atoms with van der Waals surface area (Å²) in [6.45, 7) is 4.19. The summed E-state index contributed by atoms with van der Waals surface area (Å²) in [5, 5.41) is 0. The molecule has 0 aliphatic carbocycles. The first kappa shape index (κ1) is 12.9. The zero-order valence-corrected chi connectivity index (χ0v) is 8.78. The monoisotopic (exact) mass is 203 g/mol. The summed E-state index contributed by atoms with van der Waals surface area (Å²) in [7, 11) is 1.22. The highest BCUT2D eigenvalue weighted by Crippen LogP contribution is 1.98. The highest BCUT2D eigenvalue weighted by atomic mass is 16.5. The molecule has 0 aromatic rings. The second-order valence-corrected chi connectivity index (χ2v) is 3.41. The molecule has 0 radical (unpaired) electrons. The van der Waals surface area contributed by atoms with Gasteiger partial charge in [0, 0.05) is 0 Å². The minimum Gasteiger partial charge on any atom is -0.468 e. The fourth-order valence-corrected chi connectivity index (χ4v) is 0.733. The Hall–Kier alpha value is -1.10. The van der Waals surface area contributed by atoms with Gasteiger partial charge >= 0.3 is 11.9 Å². The molecule has 0 bridgehead atoms. The molecule has 14 heavy (non-hydrogen) atoms. The number of rotatable bonds is 5. The maximum absolute atomic E-state index is 11.1. The molecule has 0 aromatic heterocycles. The Kier molecular flexibility index (Phi) is 5.87. The summed E-state index contributed by atoms with van der Waals surface area (Å²) >= 11 is 0. The zero-order valence-electron chi connectivity index (χ0n) is 8.78. The van der Waals surface area contributed by atoms with Crippen LogP contribution in [0.1, 0.15) is 20.3 Å². The third-order valence-corrected chi connectivity index (χ3v) is 1.47. The molecule has 1 atom stereocenters. The normalized spacial score (nSPS) is 12.4. The molecule has 0 saturated carbocycles. The van der Waals surface area contributed by atoms with E-state index in [1.165, 1.54) is 7.11 Å². The number of nitrogens with two attached hydrogens (primary N) is 1. The van der Waals surface area contributed by atoms with Gasteiger partial charge in [-0.3, -0.25) is 9.59 Å². The van der Waals surface area contributed by atoms with Gasteiger partial charge in [-0.15, -0.1) is 0 Å². The zero-order chi connectivity index (χ0) is 11.1. The van der Waals surface area contributed by atoms with Gasteiger partial charge in [-0.1, -0.05) is 13.8 Å². The standard InChI is InChI=1S/C9H17NO4/c1-6(2)5-14-8(11)4-7(10)9(12)13-3/h6-7H,4-5,10H2,1-3H3. The first-order valence-electron chi connectivity index (χ1n) is 4.46. The Balaban J connectivity index is 3.77. The van der Waals surface area contributed by atoms with Crippen molar-refractivity contribution in [1.82, 2.24) is 0 Å². The van der Waals surface area contributed by atoms with Gasteiger partial charge in [-0.25, -0.2) is 0 Å². The van der Waals surface area contributed by atoms with E-state index < -0.39 is 18.0 Å². The van der Waals surface area contributed by atoms with E-state index in [4.69, 9.17) is 10.5 Å². The highest BCUT2D eigenvalue weighted by molar-refractivity contribution is 5.82. The maximum Gasteiger partial charge on any atom is 0.323 e. The SMILES string of the molecule is COC(=O)C(N)CC(=O)OCC(C)C. The van der Waals surface area contributed by atoms with Gasteiger partial charge in [0.25, 0.3) is 0 Å². The fraction of sp³-hybridized carbons (Fsp3) is 0.778. The predicted molar refractivity (Wildman–Crippen MR) is 50.4 cm³/mol. The van der Waals surface area contributed by atoms with Gasteiger partial charge in [-0.2, -0.15) is 0 Å². The van der Waals surface area contributed by atoms with Crippen LogP contribution < -0.4 is 5.73 Å². The second kappa shape index (κ2) is 6.37. The lowest BCUT2D eigenvalue weighted by Crippen LogP contribution is -2.34. The van der Waals surface area contributed by atoms with Crippen LogP contribution in [0.4, 0.5) is 0 Å². The Morgan fingerprint density at radius 3 is 2.36 bits per heavy atom. The van der Waals surface area contributed by atoms with E-state index in [1.807, 2.05) is 13.8 Å². The number of hydrogen-bond donors (Lipinski definition) is 1. The van der Waals surface area contributed by atoms with Crippen molar-refractivity contribution < 1.29 is 19.1 Å². The topological polar surface area (TPSA) is 78.6 Å². The van der Waals surface area contributed by atoms with Gasteiger partial charge < -0.3 is 15.2 Å². The van der Waals surface area contributed by atoms with Crippen molar-refractivity contribution in [2.24, 2.45) is 11.7 Å². The van der Waals surface area contributed by atoms with Crippen LogP contribution in [0.2, 0.25) is 0 Å². The molecule has 5 heteroatoms. The summed E-state index contributed by atoms with van der Waals surface area (Å²) in [6, 6.07) is -0.931. The molecule has 0 aromatic carbocycles. The molecule has 5 nitrogen and oxygen atoms in total. The number of ether oxygens (including phenoxy) is 2. The Bertz CT molecular complexity index is 203. The highest BCUT2D eigenvalue weighted by Gasteiger charge is 2.18. The average Bonchev–Trinajstić information content (AvgIpc) is 2.13. The smallest absolute Gasteiger partial charge is 0.323 e. The van der Waals surface area contributed by atoms with Crippen LogP contribution in [-0.2, 0) is 19.1 Å². The molecule has 0 saturated heterocycles. The largest absolute Gasteiger partial charge is 0.468 e. The van der Waals surface area contributed by atoms with Crippen molar-refractivity contribution in [3.8, 4) is 0 Å². The number of carbonyl (C=O) groups is 2. The molecule has 0 aliphatic heterocycles. The van der Waals surface area contributed by atoms with Crippen molar-refractivity contribution >= 4 is 11.9 Å². The molecule has 0 rings (SSSR count). The molecule has 0 spiro atoms. The van der Waals surface area contributed by atoms with Gasteiger partial charge in [0.05, 0.1) is 20.1 Å². The lowest BCUT2D eigenvalue weighted by molar-refractivity contribution is -0.150. The summed E-state index contributed by atoms with van der Waals surface area (Å²) in [5.41, 5.74) is 5.36. The van der Waals surface area contributed by atoms with Crippen LogP contribution >= 0.6 is 0 Å². The van der Waals surface area contributed by atoms with Crippen molar-refractivity contribution in [2.75, 3.05) is 13.7 Å². The summed E-state index contributed by atoms with van der Waals surface area (Å²) in [5.74, 6) is -0.809. The van der Waals surface area contributed by atoms with E-state index in [0.29, 0.717) is 6.61 Å². The van der Waals surface area contributed by atoms with Crippen LogP contribution in [-0.4, -0.2) is 31.7 Å². The number of esters is 2. The van der Waals surface area contributed by atoms with E-state index >= 15 is 0 Å². The predicted octanol–water partition coefficient (Wildman–Crippen LogP) is 0.0760. The molecular weight excluding hydrogens is 186 g/mol. The Morgan fingerprint density at radius 1 is 1.36 bits per heavy atom. The molecule has 0 amide bonds. The third kappa shape index (κ3) is 5.53. The van der Waals surface area contributed by atoms with Crippen LogP contribution in [0.25, 0.3) is 0 Å². The Labute approximate surface area is 83.5 Å². The molecule has 1 unspecified atom stereocenters. The van der Waals surface area contributed by atoms with Crippen LogP contribution in [0.15, 0.2) is 0 Å². The van der Waals surface area contributed by atoms with E-state index in [2.05, 4.69) is 4.74 Å². The van der Waals surface area contributed by atoms with Crippen LogP contribution in [0.5, 0.6) is 0 Å². The van der Waals surface area contributed by atoms with Gasteiger partial charge in [0.1, 0.15) is 6.04 Å².